The second-order valence-corrected chi connectivity index (χ2v) is 59.3. The number of hydrogen-bond acceptors (Lipinski definition) is 10. The van der Waals surface area contributed by atoms with Crippen LogP contribution in [0.25, 0.3) is 0 Å². The van der Waals surface area contributed by atoms with Crippen molar-refractivity contribution in [2.75, 3.05) is 46.1 Å². The number of nitrogens with zero attached hydrogens (tertiary/aromatic N) is 2. The molecule has 2 bridgehead atoms. The number of benzene rings is 3. The SMILES string of the molecule is C=C1C(C(C)(C)C)C(C(C)(CC(C)(C)C)c2ccccc2)C(=O)N1CCCCC.C=C1C(C(C)(C)C)C2C(=O)N1CCCCOC(=O)C2(C)CC(C)(C)C.CC.CC.CC.CC(C)(C)CC1(C)CC(C(C)(C)C)CCCCOC1=O.CC(C)(C)CC1(C)CC(C(C)(C)C)OCCCCOC1=O.CCCCCC(CC(CC(C)(C)C)c1ccccc1)C(C)(C)C.CCCCCOC(CC(CC(C)(C)C)c1ccccc1)C(C)(C)C. The van der Waals surface area contributed by atoms with Gasteiger partial charge in [-0.2, -0.15) is 0 Å². The van der Waals surface area contributed by atoms with E-state index in [-0.39, 0.29) is 113 Å². The average Bonchev–Trinajstić information content (AvgIpc) is 1.58. The molecule has 0 saturated carbocycles. The molecule has 5 heterocycles. The Balaban J connectivity index is 0.00000174. The summed E-state index contributed by atoms with van der Waals surface area (Å²) >= 11 is 0. The zero-order chi connectivity index (χ0) is 115. The number of hydrogen-bond donors (Lipinski definition) is 0. The fraction of sp³-hybridized carbons (Fsp3) is 0.801. The van der Waals surface area contributed by atoms with Crippen LogP contribution in [0.15, 0.2) is 116 Å². The molecule has 0 radical (unpaired) electrons. The van der Waals surface area contributed by atoms with Crippen LogP contribution in [-0.4, -0.2) is 97.9 Å². The Morgan fingerprint density at radius 2 is 0.804 bits per heavy atom. The predicted octanol–water partition coefficient (Wildman–Crippen LogP) is 39.5. The van der Waals surface area contributed by atoms with Gasteiger partial charge in [-0.3, -0.25) is 24.0 Å². The summed E-state index contributed by atoms with van der Waals surface area (Å²) in [6, 6.07) is 32.9. The quantitative estimate of drug-likeness (QED) is 0.0412. The van der Waals surface area contributed by atoms with Crippen LogP contribution in [0.5, 0.6) is 0 Å². The van der Waals surface area contributed by atoms with E-state index in [1.807, 2.05) is 65.2 Å². The van der Waals surface area contributed by atoms with Crippen molar-refractivity contribution in [3.63, 3.8) is 0 Å². The molecule has 14 unspecified atom stereocenters. The number of carbonyl (C=O) groups excluding carboxylic acids is 5. The molecule has 5 aliphatic rings. The zero-order valence-corrected chi connectivity index (χ0v) is 107. The van der Waals surface area contributed by atoms with E-state index >= 15 is 0 Å². The van der Waals surface area contributed by atoms with Gasteiger partial charge in [0.25, 0.3) is 0 Å². The Hall–Kier alpha value is -5.59. The van der Waals surface area contributed by atoms with E-state index in [1.54, 1.807) is 0 Å². The van der Waals surface area contributed by atoms with E-state index in [4.69, 9.17) is 23.7 Å². The highest BCUT2D eigenvalue weighted by atomic mass is 16.5. The molecule has 2 amide bonds. The van der Waals surface area contributed by atoms with Gasteiger partial charge < -0.3 is 33.5 Å². The highest BCUT2D eigenvalue weighted by molar-refractivity contribution is 5.92. The van der Waals surface area contributed by atoms with Gasteiger partial charge in [-0.25, -0.2) is 0 Å². The van der Waals surface area contributed by atoms with Crippen LogP contribution in [0.4, 0.5) is 0 Å². The first-order chi connectivity index (χ1) is 67.8. The van der Waals surface area contributed by atoms with Crippen LogP contribution in [-0.2, 0) is 53.1 Å². The van der Waals surface area contributed by atoms with Gasteiger partial charge in [0.15, 0.2) is 0 Å². The molecule has 0 spiro atoms. The Bertz CT molecular complexity index is 4190. The molecule has 12 nitrogen and oxygen atoms in total. The van der Waals surface area contributed by atoms with Crippen LogP contribution in [0.2, 0.25) is 0 Å². The lowest BCUT2D eigenvalue weighted by atomic mass is 9.57. The van der Waals surface area contributed by atoms with E-state index in [0.717, 1.165) is 127 Å². The highest BCUT2D eigenvalue weighted by Crippen LogP contribution is 2.59. The normalized spacial score (nSPS) is 23.2. The third-order valence-electron chi connectivity index (χ3n) is 30.4. The third-order valence-corrected chi connectivity index (χ3v) is 30.4. The van der Waals surface area contributed by atoms with Crippen molar-refractivity contribution in [1.29, 1.82) is 0 Å². The van der Waals surface area contributed by atoms with Crippen LogP contribution >= 0.6 is 0 Å². The number of carbonyl (C=O) groups is 5. The summed E-state index contributed by atoms with van der Waals surface area (Å²) < 4.78 is 29.2. The van der Waals surface area contributed by atoms with Gasteiger partial charge in [-0.05, 0) is 255 Å². The van der Waals surface area contributed by atoms with Gasteiger partial charge >= 0.3 is 17.9 Å². The maximum absolute atomic E-state index is 13.9. The first kappa shape index (κ1) is 142. The second kappa shape index (κ2) is 63.0. The lowest BCUT2D eigenvalue weighted by molar-refractivity contribution is -0.167. The predicted molar refractivity (Wildman–Crippen MR) is 641 cm³/mol. The molecule has 148 heavy (non-hydrogen) atoms. The van der Waals surface area contributed by atoms with Crippen molar-refractivity contribution >= 4 is 29.7 Å². The second-order valence-electron chi connectivity index (χ2n) is 59.3. The number of esters is 3. The molecule has 0 N–H and O–H groups in total. The molecule has 0 aromatic heterocycles. The Kier molecular flexibility index (Phi) is 60.6. The smallest absolute Gasteiger partial charge is 0.312 e. The Labute approximate surface area is 918 Å². The van der Waals surface area contributed by atoms with Crippen molar-refractivity contribution in [3.8, 4) is 0 Å². The number of likely N-dealkylation sites (tertiary alicyclic amines) is 1. The topological polar surface area (TPSA) is 138 Å². The molecule has 5 saturated heterocycles. The van der Waals surface area contributed by atoms with E-state index in [0.29, 0.717) is 72.9 Å². The van der Waals surface area contributed by atoms with Crippen LogP contribution in [0.1, 0.15) is 541 Å². The first-order valence-electron chi connectivity index (χ1n) is 59.7. The summed E-state index contributed by atoms with van der Waals surface area (Å²) in [7, 11) is 0. The fourth-order valence-electron chi connectivity index (χ4n) is 24.2. The minimum absolute atomic E-state index is 0.0172. The van der Waals surface area contributed by atoms with Gasteiger partial charge in [0.2, 0.25) is 11.8 Å². The summed E-state index contributed by atoms with van der Waals surface area (Å²) in [5.74, 6) is 2.28. The van der Waals surface area contributed by atoms with Gasteiger partial charge in [-0.1, -0.05) is 468 Å². The van der Waals surface area contributed by atoms with E-state index in [1.165, 1.54) is 93.7 Å². The molecule has 3 aromatic carbocycles. The number of allylic oxidation sites excluding steroid dienone is 2. The lowest BCUT2D eigenvalue weighted by Crippen LogP contribution is -2.48. The number of rotatable bonds is 27. The minimum atomic E-state index is -0.845. The molecule has 5 fully saturated rings. The van der Waals surface area contributed by atoms with Crippen LogP contribution in [0.3, 0.4) is 0 Å². The van der Waals surface area contributed by atoms with Crippen molar-refractivity contribution < 1.29 is 47.7 Å². The Morgan fingerprint density at radius 1 is 0.399 bits per heavy atom. The molecule has 12 heteroatoms. The highest BCUT2D eigenvalue weighted by Gasteiger charge is 2.61. The van der Waals surface area contributed by atoms with Crippen LogP contribution in [0, 0.1) is 117 Å². The van der Waals surface area contributed by atoms with Crippen molar-refractivity contribution in [3.05, 3.63) is 132 Å². The average molecular weight is 2070 g/mol. The molecule has 0 aliphatic carbocycles. The molecule has 3 aromatic rings. The van der Waals surface area contributed by atoms with E-state index < -0.39 is 16.7 Å². The monoisotopic (exact) mass is 2070 g/mol. The molecule has 8 rings (SSSR count). The number of unbranched alkanes of at least 4 members (excludes halogenated alkanes) is 6. The number of amides is 2. The maximum Gasteiger partial charge on any atom is 0.312 e. The summed E-state index contributed by atoms with van der Waals surface area (Å²) in [5, 5.41) is 0. The number of ether oxygens (including phenoxy) is 5. The molecule has 858 valence electrons. The standard InChI is InChI=1S/C27H43NO.C23H40O.C23H40.C21H35NO3.C18H34O3.C18H34O2.3C2H6/c1-10-11-15-18-28-20(2)22(26(6,7)8)23(24(28)29)27(9,19-25(3,4)5)21-16-13-12-14-17-21;1-8-9-13-16-24-21(23(5,6)7)17-20(18-22(2,3)4)19-14-11-10-12-15-19;1-8-9-11-16-21(23(5,6)7)17-20(18-22(2,3)4)19-14-12-10-13-15-19;1-14-15(20(5,6)7)16-17(23)22(14)11-9-10-12-25-18(24)21(16,8)13-19(2,3)4;1-16(2,3)13-18(7)12-14(17(4,5)6)20-10-8-9-11-21-15(18)19;1-16(2,3)13-18(7)12-14(17(4,5)6)10-8-9-11-20-15(18)19;3*1-2/h12-14,16-17,22-23H,2,10-11,15,18-19H2,1,3-9H3;10-12,14-15,20-21H,8-9,13,16-18H2,1-7H3;10,12-15,20-21H,8-9,11,16-18H2,1-7H3;15-16H,1,9-13H2,2-8H3;14H,8-13H2,1-7H3;14H,8-13H2,1-7H3;3*1-2H3. The van der Waals surface area contributed by atoms with Gasteiger partial charge in [0, 0.05) is 54.9 Å². The third kappa shape index (κ3) is 51.0. The van der Waals surface area contributed by atoms with Crippen molar-refractivity contribution in [2.24, 2.45) is 117 Å². The minimum Gasteiger partial charge on any atom is -0.465 e. The summed E-state index contributed by atoms with van der Waals surface area (Å²) in [6.45, 7) is 122. The van der Waals surface area contributed by atoms with E-state index in [9.17, 15) is 24.0 Å². The van der Waals surface area contributed by atoms with Crippen LogP contribution < -0.4 is 0 Å². The summed E-state index contributed by atoms with van der Waals surface area (Å²) in [4.78, 5) is 69.5. The number of fused-ring (bicyclic) bond motifs is 2. The van der Waals surface area contributed by atoms with E-state index in [2.05, 4.69) is 388 Å². The fourth-order valence-corrected chi connectivity index (χ4v) is 24.2. The molecular formula is C136H244N2O10. The largest absolute Gasteiger partial charge is 0.465 e. The van der Waals surface area contributed by atoms with Crippen molar-refractivity contribution in [1.82, 2.24) is 9.80 Å². The lowest BCUT2D eigenvalue weighted by Gasteiger charge is -2.45. The molecule has 14 atom stereocenters. The van der Waals surface area contributed by atoms with Crippen molar-refractivity contribution in [2.45, 2.75) is 542 Å². The number of cyclic esters (lactones) is 3. The maximum atomic E-state index is 13.9. The first-order valence-corrected chi connectivity index (χ1v) is 59.7. The van der Waals surface area contributed by atoms with Gasteiger partial charge in [0.1, 0.15) is 0 Å². The molecule has 5 aliphatic heterocycles. The molecular weight excluding hydrogens is 1820 g/mol. The summed E-state index contributed by atoms with van der Waals surface area (Å²) in [5.41, 5.74) is 5.89. The van der Waals surface area contributed by atoms with Gasteiger partial charge in [-0.15, -0.1) is 0 Å². The Morgan fingerprint density at radius 3 is 1.21 bits per heavy atom. The van der Waals surface area contributed by atoms with Gasteiger partial charge in [0.05, 0.1) is 60.1 Å². The zero-order valence-electron chi connectivity index (χ0n) is 107. The summed E-state index contributed by atoms with van der Waals surface area (Å²) in [6.07, 6.45) is 29.6.